The summed E-state index contributed by atoms with van der Waals surface area (Å²) in [4.78, 5) is 0. The molecule has 0 radical (unpaired) electrons. The number of aliphatic hydroxyl groups excluding tert-OH is 1. The Kier molecular flexibility index (Phi) is 6.21. The maximum absolute atomic E-state index is 12.1. The fraction of sp³-hybridized carbons (Fsp3) is 0.625. The maximum Gasteiger partial charge on any atom is 0.153 e. The van der Waals surface area contributed by atoms with Crippen LogP contribution < -0.4 is 0 Å². The van der Waals surface area contributed by atoms with Gasteiger partial charge in [0.05, 0.1) is 23.7 Å². The topological polar surface area (TPSA) is 63.6 Å². The Labute approximate surface area is 127 Å². The summed E-state index contributed by atoms with van der Waals surface area (Å²) in [5, 5.41) is 9.07. The van der Waals surface area contributed by atoms with Crippen LogP contribution in [0.1, 0.15) is 31.2 Å². The lowest BCUT2D eigenvalue weighted by Gasteiger charge is -2.11. The molecule has 1 aliphatic carbocycles. The van der Waals surface area contributed by atoms with Gasteiger partial charge in [-0.15, -0.1) is 0 Å². The molecule has 1 aromatic carbocycles. The molecule has 5 heteroatoms. The van der Waals surface area contributed by atoms with Gasteiger partial charge in [-0.25, -0.2) is 8.42 Å². The molecule has 0 aromatic heterocycles. The van der Waals surface area contributed by atoms with Crippen molar-refractivity contribution in [3.63, 3.8) is 0 Å². The number of hydrogen-bond donors (Lipinski definition) is 1. The Morgan fingerprint density at radius 3 is 2.57 bits per heavy atom. The first kappa shape index (κ1) is 16.5. The molecule has 118 valence electrons. The van der Waals surface area contributed by atoms with Gasteiger partial charge >= 0.3 is 0 Å². The van der Waals surface area contributed by atoms with Crippen LogP contribution in [0.2, 0.25) is 0 Å². The standard InChI is InChI=1S/C16H24O4S/c17-15-7-8-16(13-15)21(18,19)12-4-10-20-11-9-14-5-2-1-3-6-14/h1-3,5-6,15-17H,4,7-13H2. The van der Waals surface area contributed by atoms with Gasteiger partial charge < -0.3 is 9.84 Å². The van der Waals surface area contributed by atoms with E-state index in [4.69, 9.17) is 4.74 Å². The average molecular weight is 312 g/mol. The number of rotatable bonds is 8. The third-order valence-electron chi connectivity index (χ3n) is 3.96. The summed E-state index contributed by atoms with van der Waals surface area (Å²) < 4.78 is 29.6. The molecule has 0 bridgehead atoms. The highest BCUT2D eigenvalue weighted by Gasteiger charge is 2.32. The first-order valence-corrected chi connectivity index (χ1v) is 9.31. The Bertz CT molecular complexity index is 512. The van der Waals surface area contributed by atoms with Gasteiger partial charge in [-0.2, -0.15) is 0 Å². The molecule has 21 heavy (non-hydrogen) atoms. The van der Waals surface area contributed by atoms with Crippen molar-refractivity contribution in [1.82, 2.24) is 0 Å². The van der Waals surface area contributed by atoms with Crippen LogP contribution in [0, 0.1) is 0 Å². The van der Waals surface area contributed by atoms with E-state index in [-0.39, 0.29) is 11.0 Å². The van der Waals surface area contributed by atoms with Crippen LogP contribution in [0.5, 0.6) is 0 Å². The van der Waals surface area contributed by atoms with Gasteiger partial charge in [0.2, 0.25) is 0 Å². The molecule has 2 unspecified atom stereocenters. The van der Waals surface area contributed by atoms with Gasteiger partial charge in [0.1, 0.15) is 0 Å². The molecule has 1 N–H and O–H groups in total. The number of aliphatic hydroxyl groups is 1. The third kappa shape index (κ3) is 5.41. The van der Waals surface area contributed by atoms with E-state index in [9.17, 15) is 13.5 Å². The normalized spacial score (nSPS) is 22.5. The van der Waals surface area contributed by atoms with E-state index in [1.807, 2.05) is 18.2 Å². The first-order chi connectivity index (χ1) is 10.1. The van der Waals surface area contributed by atoms with Crippen LogP contribution in [-0.2, 0) is 21.0 Å². The number of ether oxygens (including phenoxy) is 1. The summed E-state index contributed by atoms with van der Waals surface area (Å²) in [5.74, 6) is 0.162. The van der Waals surface area contributed by atoms with Crippen molar-refractivity contribution in [2.75, 3.05) is 19.0 Å². The highest BCUT2D eigenvalue weighted by Crippen LogP contribution is 2.26. The Hall–Kier alpha value is -0.910. The number of hydrogen-bond acceptors (Lipinski definition) is 4. The molecule has 2 atom stereocenters. The molecule has 0 spiro atoms. The molecular formula is C16H24O4S. The number of benzene rings is 1. The molecule has 1 fully saturated rings. The van der Waals surface area contributed by atoms with Gasteiger partial charge in [-0.1, -0.05) is 30.3 Å². The Morgan fingerprint density at radius 1 is 1.14 bits per heavy atom. The monoisotopic (exact) mass is 312 g/mol. The van der Waals surface area contributed by atoms with Crippen LogP contribution in [-0.4, -0.2) is 43.8 Å². The largest absolute Gasteiger partial charge is 0.393 e. The number of sulfone groups is 1. The molecule has 0 saturated heterocycles. The quantitative estimate of drug-likeness (QED) is 0.745. The molecule has 2 rings (SSSR count). The van der Waals surface area contributed by atoms with Gasteiger partial charge in [-0.05, 0) is 37.7 Å². The average Bonchev–Trinajstić information content (AvgIpc) is 2.91. The summed E-state index contributed by atoms with van der Waals surface area (Å²) in [6.07, 6.45) is 2.55. The summed E-state index contributed by atoms with van der Waals surface area (Å²) in [7, 11) is -3.07. The van der Waals surface area contributed by atoms with Gasteiger partial charge in [0.25, 0.3) is 0 Å². The smallest absolute Gasteiger partial charge is 0.153 e. The van der Waals surface area contributed by atoms with Crippen molar-refractivity contribution >= 4 is 9.84 Å². The minimum atomic E-state index is -3.07. The fourth-order valence-electron chi connectivity index (χ4n) is 2.71. The zero-order chi connectivity index (χ0) is 15.1. The van der Waals surface area contributed by atoms with Crippen molar-refractivity contribution < 1.29 is 18.3 Å². The molecule has 1 aromatic rings. The highest BCUT2D eigenvalue weighted by molar-refractivity contribution is 7.92. The Balaban J connectivity index is 1.59. The van der Waals surface area contributed by atoms with Crippen LogP contribution in [0.3, 0.4) is 0 Å². The van der Waals surface area contributed by atoms with Gasteiger partial charge in [-0.3, -0.25) is 0 Å². The fourth-order valence-corrected chi connectivity index (χ4v) is 4.57. The molecule has 1 saturated carbocycles. The SMILES string of the molecule is O=S(=O)(CCCOCCc1ccccc1)C1CCC(O)C1. The van der Waals surface area contributed by atoms with Gasteiger partial charge in [0, 0.05) is 6.61 Å². The van der Waals surface area contributed by atoms with E-state index in [0.717, 1.165) is 6.42 Å². The van der Waals surface area contributed by atoms with Crippen LogP contribution in [0.4, 0.5) is 0 Å². The highest BCUT2D eigenvalue weighted by atomic mass is 32.2. The summed E-state index contributed by atoms with van der Waals surface area (Å²) >= 11 is 0. The van der Waals surface area contributed by atoms with Crippen molar-refractivity contribution in [2.45, 2.75) is 43.5 Å². The second-order valence-electron chi connectivity index (χ2n) is 5.66. The lowest BCUT2D eigenvalue weighted by atomic mass is 10.2. The van der Waals surface area contributed by atoms with E-state index in [0.29, 0.717) is 38.9 Å². The minimum absolute atomic E-state index is 0.162. The van der Waals surface area contributed by atoms with E-state index < -0.39 is 15.9 Å². The third-order valence-corrected chi connectivity index (χ3v) is 6.26. The van der Waals surface area contributed by atoms with Crippen molar-refractivity contribution in [3.05, 3.63) is 35.9 Å². The zero-order valence-electron chi connectivity index (χ0n) is 12.3. The zero-order valence-corrected chi connectivity index (χ0v) is 13.1. The van der Waals surface area contributed by atoms with Crippen molar-refractivity contribution in [3.8, 4) is 0 Å². The van der Waals surface area contributed by atoms with E-state index >= 15 is 0 Å². The lowest BCUT2D eigenvalue weighted by molar-refractivity contribution is 0.138. The molecule has 1 aliphatic rings. The second-order valence-corrected chi connectivity index (χ2v) is 8.06. The van der Waals surface area contributed by atoms with Crippen molar-refractivity contribution in [1.29, 1.82) is 0 Å². The predicted octanol–water partition coefficient (Wildman–Crippen LogP) is 1.96. The predicted molar refractivity (Wildman–Crippen MR) is 83.0 cm³/mol. The van der Waals surface area contributed by atoms with E-state index in [1.165, 1.54) is 5.56 Å². The van der Waals surface area contributed by atoms with E-state index in [1.54, 1.807) is 0 Å². The summed E-state index contributed by atoms with van der Waals surface area (Å²) in [6.45, 7) is 1.09. The second kappa shape index (κ2) is 7.92. The molecular weight excluding hydrogens is 288 g/mol. The summed E-state index contributed by atoms with van der Waals surface area (Å²) in [5.41, 5.74) is 1.23. The van der Waals surface area contributed by atoms with Crippen LogP contribution in [0.25, 0.3) is 0 Å². The molecule has 0 heterocycles. The first-order valence-electron chi connectivity index (χ1n) is 7.59. The molecule has 0 aliphatic heterocycles. The van der Waals surface area contributed by atoms with E-state index in [2.05, 4.69) is 12.1 Å². The molecule has 0 amide bonds. The van der Waals surface area contributed by atoms with Crippen molar-refractivity contribution in [2.24, 2.45) is 0 Å². The van der Waals surface area contributed by atoms with Gasteiger partial charge in [0.15, 0.2) is 9.84 Å². The molecule has 4 nitrogen and oxygen atoms in total. The lowest BCUT2D eigenvalue weighted by Crippen LogP contribution is -2.23. The van der Waals surface area contributed by atoms with Crippen LogP contribution in [0.15, 0.2) is 30.3 Å². The van der Waals surface area contributed by atoms with Crippen LogP contribution >= 0.6 is 0 Å². The maximum atomic E-state index is 12.1. The minimum Gasteiger partial charge on any atom is -0.393 e. The Morgan fingerprint density at radius 2 is 1.90 bits per heavy atom. The summed E-state index contributed by atoms with van der Waals surface area (Å²) in [6, 6.07) is 10.1.